The molecule has 0 heterocycles. The molecule has 0 fully saturated rings. The van der Waals surface area contributed by atoms with Crippen LogP contribution in [-0.2, 0) is 17.7 Å². The van der Waals surface area contributed by atoms with Crippen molar-refractivity contribution in [1.82, 2.24) is 0 Å². The minimum absolute atomic E-state index is 0.536. The first-order chi connectivity index (χ1) is 7.59. The van der Waals surface area contributed by atoms with Crippen molar-refractivity contribution in [1.29, 1.82) is 0 Å². The molecule has 0 N–H and O–H groups in total. The molecule has 0 saturated carbocycles. The van der Waals surface area contributed by atoms with Gasteiger partial charge in [0.1, 0.15) is 0 Å². The fraction of sp³-hybridized carbons (Fsp3) is 0.333. The molecule has 1 aromatic carbocycles. The molecule has 0 radical (unpaired) electrons. The summed E-state index contributed by atoms with van der Waals surface area (Å²) in [6.45, 7) is 0. The Morgan fingerprint density at radius 3 is 1.88 bits per heavy atom. The molecule has 0 spiro atoms. The molecular weight excluding hydrogens is 337 g/mol. The molecule has 0 bridgehead atoms. The van der Waals surface area contributed by atoms with Crippen LogP contribution in [0.1, 0.15) is 16.7 Å². The van der Waals surface area contributed by atoms with Crippen LogP contribution in [0.25, 0.3) is 0 Å². The Labute approximate surface area is 106 Å². The van der Waals surface area contributed by atoms with Crippen LogP contribution in [0.4, 0.5) is 26.3 Å². The van der Waals surface area contributed by atoms with Gasteiger partial charge in [-0.1, -0.05) is 27.5 Å². The van der Waals surface area contributed by atoms with E-state index in [1.165, 1.54) is 0 Å². The molecule has 0 nitrogen and oxygen atoms in total. The topological polar surface area (TPSA) is 0 Å². The molecule has 0 atom stereocenters. The average molecular weight is 341 g/mol. The van der Waals surface area contributed by atoms with E-state index in [0.717, 1.165) is 0 Å². The average Bonchev–Trinajstić information content (AvgIpc) is 2.12. The van der Waals surface area contributed by atoms with E-state index in [0.29, 0.717) is 12.1 Å². The van der Waals surface area contributed by atoms with Crippen LogP contribution in [0.3, 0.4) is 0 Å². The van der Waals surface area contributed by atoms with Gasteiger partial charge in [0, 0.05) is 5.33 Å². The van der Waals surface area contributed by atoms with E-state index < -0.39 is 39.4 Å². The summed E-state index contributed by atoms with van der Waals surface area (Å²) >= 11 is 7.93. The van der Waals surface area contributed by atoms with Crippen LogP contribution < -0.4 is 0 Å². The van der Waals surface area contributed by atoms with Crippen molar-refractivity contribution in [3.05, 3.63) is 33.8 Å². The maximum atomic E-state index is 12.6. The predicted molar refractivity (Wildman–Crippen MR) is 54.1 cm³/mol. The van der Waals surface area contributed by atoms with Gasteiger partial charge in [0.05, 0.1) is 16.1 Å². The van der Waals surface area contributed by atoms with Crippen LogP contribution in [-0.4, -0.2) is 0 Å². The summed E-state index contributed by atoms with van der Waals surface area (Å²) in [4.78, 5) is 0. The van der Waals surface area contributed by atoms with Crippen LogP contribution >= 0.6 is 27.5 Å². The second-order valence-corrected chi connectivity index (χ2v) is 4.05. The Hall–Kier alpha value is -0.430. The third kappa shape index (κ3) is 3.07. The quantitative estimate of drug-likeness (QED) is 0.482. The van der Waals surface area contributed by atoms with Gasteiger partial charge in [-0.3, -0.25) is 0 Å². The summed E-state index contributed by atoms with van der Waals surface area (Å²) in [5.74, 6) is 0. The van der Waals surface area contributed by atoms with Gasteiger partial charge in [-0.25, -0.2) is 0 Å². The van der Waals surface area contributed by atoms with Crippen LogP contribution in [0.2, 0.25) is 5.02 Å². The van der Waals surface area contributed by atoms with Crippen molar-refractivity contribution in [3.8, 4) is 0 Å². The Kier molecular flexibility index (Phi) is 4.03. The summed E-state index contributed by atoms with van der Waals surface area (Å²) in [6, 6.07) is 1.13. The molecule has 8 heteroatoms. The summed E-state index contributed by atoms with van der Waals surface area (Å²) in [7, 11) is 0. The largest absolute Gasteiger partial charge is 0.418 e. The molecule has 96 valence electrons. The minimum Gasteiger partial charge on any atom is -0.166 e. The van der Waals surface area contributed by atoms with Gasteiger partial charge < -0.3 is 0 Å². The van der Waals surface area contributed by atoms with Crippen LogP contribution in [0.15, 0.2) is 12.1 Å². The molecule has 0 aliphatic carbocycles. The van der Waals surface area contributed by atoms with Gasteiger partial charge in [0.25, 0.3) is 0 Å². The molecular formula is C9H4BrClF6. The van der Waals surface area contributed by atoms with Crippen LogP contribution in [0.5, 0.6) is 0 Å². The maximum absolute atomic E-state index is 12.6. The van der Waals surface area contributed by atoms with Gasteiger partial charge in [0.2, 0.25) is 0 Å². The van der Waals surface area contributed by atoms with E-state index in [9.17, 15) is 26.3 Å². The van der Waals surface area contributed by atoms with Gasteiger partial charge in [-0.15, -0.1) is 0 Å². The number of hydrogen-bond donors (Lipinski definition) is 0. The van der Waals surface area contributed by atoms with E-state index in [-0.39, 0.29) is 0 Å². The molecule has 1 aromatic rings. The van der Waals surface area contributed by atoms with Gasteiger partial charge >= 0.3 is 12.4 Å². The molecule has 0 aliphatic rings. The van der Waals surface area contributed by atoms with Crippen molar-refractivity contribution in [3.63, 3.8) is 0 Å². The minimum atomic E-state index is -4.93. The first-order valence-electron chi connectivity index (χ1n) is 4.10. The first-order valence-corrected chi connectivity index (χ1v) is 5.60. The lowest BCUT2D eigenvalue weighted by Gasteiger charge is -2.18. The van der Waals surface area contributed by atoms with Crippen molar-refractivity contribution in [2.75, 3.05) is 0 Å². The summed E-state index contributed by atoms with van der Waals surface area (Å²) in [6.07, 6.45) is -9.78. The van der Waals surface area contributed by atoms with E-state index >= 15 is 0 Å². The van der Waals surface area contributed by atoms with Gasteiger partial charge in [-0.2, -0.15) is 26.3 Å². The molecule has 0 unspecified atom stereocenters. The normalized spacial score (nSPS) is 12.9. The molecule has 0 aliphatic heterocycles. The third-order valence-electron chi connectivity index (χ3n) is 1.98. The maximum Gasteiger partial charge on any atom is 0.418 e. The lowest BCUT2D eigenvalue weighted by atomic mass is 10.0. The molecule has 17 heavy (non-hydrogen) atoms. The zero-order valence-corrected chi connectivity index (χ0v) is 10.2. The zero-order valence-electron chi connectivity index (χ0n) is 7.89. The smallest absolute Gasteiger partial charge is 0.166 e. The lowest BCUT2D eigenvalue weighted by molar-refractivity contribution is -0.143. The predicted octanol–water partition coefficient (Wildman–Crippen LogP) is 5.27. The van der Waals surface area contributed by atoms with Crippen molar-refractivity contribution in [2.45, 2.75) is 17.7 Å². The Morgan fingerprint density at radius 1 is 1.00 bits per heavy atom. The first kappa shape index (κ1) is 14.6. The van der Waals surface area contributed by atoms with Crippen molar-refractivity contribution < 1.29 is 26.3 Å². The highest BCUT2D eigenvalue weighted by atomic mass is 79.9. The third-order valence-corrected chi connectivity index (χ3v) is 2.86. The second-order valence-electron chi connectivity index (χ2n) is 3.08. The number of rotatable bonds is 1. The summed E-state index contributed by atoms with van der Waals surface area (Å²) < 4.78 is 75.3. The van der Waals surface area contributed by atoms with Crippen molar-refractivity contribution >= 4 is 27.5 Å². The fourth-order valence-electron chi connectivity index (χ4n) is 1.33. The number of halogens is 8. The number of alkyl halides is 7. The number of hydrogen-bond acceptors (Lipinski definition) is 0. The van der Waals surface area contributed by atoms with Gasteiger partial charge in [0.15, 0.2) is 0 Å². The highest BCUT2D eigenvalue weighted by Gasteiger charge is 2.41. The number of benzene rings is 1. The summed E-state index contributed by atoms with van der Waals surface area (Å²) in [5, 5.41) is -1.34. The highest BCUT2D eigenvalue weighted by molar-refractivity contribution is 9.08. The standard InChI is InChI=1S/C9H4BrClF6/c10-3-4-5(8(12,13)14)1-2-6(11)7(4)9(15,16)17/h1-2H,3H2. The Morgan fingerprint density at radius 2 is 1.53 bits per heavy atom. The Balaban J connectivity index is 3.60. The van der Waals surface area contributed by atoms with E-state index in [4.69, 9.17) is 11.6 Å². The Bertz CT molecular complexity index is 423. The molecule has 0 amide bonds. The molecule has 0 saturated heterocycles. The van der Waals surface area contributed by atoms with E-state index in [2.05, 4.69) is 15.9 Å². The monoisotopic (exact) mass is 340 g/mol. The van der Waals surface area contributed by atoms with Crippen molar-refractivity contribution in [2.24, 2.45) is 0 Å². The highest BCUT2D eigenvalue weighted by Crippen LogP contribution is 2.43. The van der Waals surface area contributed by atoms with Crippen LogP contribution in [0, 0.1) is 0 Å². The zero-order chi connectivity index (χ0) is 13.4. The molecule has 1 rings (SSSR count). The lowest BCUT2D eigenvalue weighted by Crippen LogP contribution is -2.16. The fourth-order valence-corrected chi connectivity index (χ4v) is 2.20. The second kappa shape index (κ2) is 4.68. The van der Waals surface area contributed by atoms with E-state index in [1.54, 1.807) is 0 Å². The SMILES string of the molecule is FC(F)(F)c1ccc(Cl)c(C(F)(F)F)c1CBr. The van der Waals surface area contributed by atoms with Gasteiger partial charge in [-0.05, 0) is 17.7 Å². The summed E-state index contributed by atoms with van der Waals surface area (Å²) in [5.41, 5.74) is -3.70. The van der Waals surface area contributed by atoms with E-state index in [1.807, 2.05) is 0 Å². The molecule has 0 aromatic heterocycles.